The Balaban J connectivity index is 1.84. The Kier molecular flexibility index (Phi) is 5.67. The van der Waals surface area contributed by atoms with Gasteiger partial charge in [0.25, 0.3) is 0 Å². The Bertz CT molecular complexity index is 1380. The van der Waals surface area contributed by atoms with E-state index in [4.69, 9.17) is 53.8 Å². The second-order valence-corrected chi connectivity index (χ2v) is 8.97. The van der Waals surface area contributed by atoms with E-state index in [-0.39, 0.29) is 38.9 Å². The molecule has 0 bridgehead atoms. The van der Waals surface area contributed by atoms with Gasteiger partial charge in [0.2, 0.25) is 0 Å². The van der Waals surface area contributed by atoms with Gasteiger partial charge in [-0.05, 0) is 17.7 Å². The number of carbonyl (C=O) groups is 3. The molecule has 3 aromatic rings. The number of hydrogen-bond acceptors (Lipinski definition) is 7. The van der Waals surface area contributed by atoms with E-state index in [0.717, 1.165) is 0 Å². The molecule has 0 aromatic heterocycles. The molecule has 1 spiro atoms. The number of rotatable bonds is 3. The van der Waals surface area contributed by atoms with Crippen LogP contribution in [0.1, 0.15) is 46.5 Å². The minimum Gasteiger partial charge on any atom is -0.456 e. The number of ether oxygens (including phenoxy) is 4. The SMILES string of the molecule is CC(=O)Oc1cc2c(cc1Cl)C1(OC(=O)c3c(CCl)cccc31)c1cc(Cl)c(OC(C)=O)cc1O2. The topological polar surface area (TPSA) is 88.1 Å². The van der Waals surface area contributed by atoms with E-state index in [9.17, 15) is 14.4 Å². The third kappa shape index (κ3) is 3.62. The molecule has 2 aliphatic rings. The first-order valence-corrected chi connectivity index (χ1v) is 11.6. The van der Waals surface area contributed by atoms with Crippen molar-refractivity contribution in [2.75, 3.05) is 0 Å². The third-order valence-corrected chi connectivity index (χ3v) is 6.56. The van der Waals surface area contributed by atoms with Crippen LogP contribution in [0.25, 0.3) is 0 Å². The fourth-order valence-electron chi connectivity index (χ4n) is 4.41. The number of esters is 3. The first kappa shape index (κ1) is 23.5. The fourth-order valence-corrected chi connectivity index (χ4v) is 5.04. The Morgan fingerprint density at radius 2 is 1.43 bits per heavy atom. The van der Waals surface area contributed by atoms with Crippen molar-refractivity contribution in [3.63, 3.8) is 0 Å². The summed E-state index contributed by atoms with van der Waals surface area (Å²) in [6.07, 6.45) is 0. The normalized spacial score (nSPS) is 14.4. The predicted molar refractivity (Wildman–Crippen MR) is 127 cm³/mol. The van der Waals surface area contributed by atoms with Gasteiger partial charge >= 0.3 is 17.9 Å². The maximum Gasteiger partial charge on any atom is 0.340 e. The van der Waals surface area contributed by atoms with Crippen molar-refractivity contribution in [3.8, 4) is 23.0 Å². The minimum atomic E-state index is -1.51. The van der Waals surface area contributed by atoms with Crippen LogP contribution in [-0.4, -0.2) is 17.9 Å². The number of benzene rings is 3. The highest BCUT2D eigenvalue weighted by molar-refractivity contribution is 6.33. The van der Waals surface area contributed by atoms with Gasteiger partial charge in [0.15, 0.2) is 17.1 Å². The number of alkyl halides is 1. The molecular weight excluding hydrogens is 519 g/mol. The molecule has 0 aliphatic carbocycles. The number of halogens is 3. The molecule has 10 heteroatoms. The van der Waals surface area contributed by atoms with Crippen molar-refractivity contribution in [1.82, 2.24) is 0 Å². The maximum absolute atomic E-state index is 13.2. The average Bonchev–Trinajstić information content (AvgIpc) is 3.09. The van der Waals surface area contributed by atoms with Gasteiger partial charge in [-0.3, -0.25) is 9.59 Å². The van der Waals surface area contributed by atoms with Gasteiger partial charge in [-0.15, -0.1) is 11.6 Å². The number of hydrogen-bond donors (Lipinski definition) is 0. The van der Waals surface area contributed by atoms with Crippen LogP contribution in [0.3, 0.4) is 0 Å². The Morgan fingerprint density at radius 3 is 1.91 bits per heavy atom. The summed E-state index contributed by atoms with van der Waals surface area (Å²) in [5, 5.41) is 0.206. The summed E-state index contributed by atoms with van der Waals surface area (Å²) < 4.78 is 22.6. The molecule has 0 unspecified atom stereocenters. The minimum absolute atomic E-state index is 0.0599. The van der Waals surface area contributed by atoms with Crippen LogP contribution in [-0.2, 0) is 25.8 Å². The summed E-state index contributed by atoms with van der Waals surface area (Å²) in [5.74, 6) is -1.11. The zero-order chi connectivity index (χ0) is 25.1. The van der Waals surface area contributed by atoms with Gasteiger partial charge in [0, 0.05) is 48.6 Å². The summed E-state index contributed by atoms with van der Waals surface area (Å²) >= 11 is 19.0. The van der Waals surface area contributed by atoms with Gasteiger partial charge < -0.3 is 18.9 Å². The number of carbonyl (C=O) groups excluding carboxylic acids is 3. The Morgan fingerprint density at radius 1 is 0.886 bits per heavy atom. The molecule has 35 heavy (non-hydrogen) atoms. The first-order valence-electron chi connectivity index (χ1n) is 10.3. The van der Waals surface area contributed by atoms with E-state index in [1.165, 1.54) is 38.1 Å². The predicted octanol–water partition coefficient (Wildman–Crippen LogP) is 6.15. The highest BCUT2D eigenvalue weighted by Gasteiger charge is 2.54. The smallest absolute Gasteiger partial charge is 0.340 e. The van der Waals surface area contributed by atoms with Crippen molar-refractivity contribution >= 4 is 52.7 Å². The van der Waals surface area contributed by atoms with E-state index in [0.29, 0.717) is 27.8 Å². The van der Waals surface area contributed by atoms with Crippen molar-refractivity contribution in [1.29, 1.82) is 0 Å². The first-order chi connectivity index (χ1) is 16.6. The average molecular weight is 534 g/mol. The highest BCUT2D eigenvalue weighted by Crippen LogP contribution is 2.59. The molecule has 0 atom stereocenters. The standard InChI is InChI=1S/C25H15Cl3O7/c1-11(29)32-21-8-19-15(6-17(21)27)25(14-5-3-4-13(10-26)23(14)24(31)35-25)16-7-18(28)22(33-12(2)30)9-20(16)34-19/h3-9H,10H2,1-2H3. The van der Waals surface area contributed by atoms with Crippen LogP contribution >= 0.6 is 34.8 Å². The van der Waals surface area contributed by atoms with Crippen molar-refractivity contribution in [2.24, 2.45) is 0 Å². The van der Waals surface area contributed by atoms with E-state index in [2.05, 4.69) is 0 Å². The molecule has 0 amide bonds. The molecule has 0 fully saturated rings. The zero-order valence-corrected chi connectivity index (χ0v) is 20.5. The van der Waals surface area contributed by atoms with Crippen LogP contribution in [0.4, 0.5) is 0 Å². The highest BCUT2D eigenvalue weighted by atomic mass is 35.5. The monoisotopic (exact) mass is 532 g/mol. The molecule has 5 rings (SSSR count). The third-order valence-electron chi connectivity index (χ3n) is 5.68. The van der Waals surface area contributed by atoms with Gasteiger partial charge in [0.1, 0.15) is 11.5 Å². The van der Waals surface area contributed by atoms with Crippen molar-refractivity contribution in [2.45, 2.75) is 25.3 Å². The lowest BCUT2D eigenvalue weighted by Gasteiger charge is -2.37. The fraction of sp³-hybridized carbons (Fsp3) is 0.160. The Hall–Kier alpha value is -3.26. The lowest BCUT2D eigenvalue weighted by atomic mass is 9.77. The Labute approximate surface area is 214 Å². The van der Waals surface area contributed by atoms with Gasteiger partial charge in [-0.25, -0.2) is 4.79 Å². The van der Waals surface area contributed by atoms with E-state index < -0.39 is 23.5 Å². The van der Waals surface area contributed by atoms with Crippen molar-refractivity contribution < 1.29 is 33.3 Å². The zero-order valence-electron chi connectivity index (χ0n) is 18.2. The summed E-state index contributed by atoms with van der Waals surface area (Å²) in [5.41, 5.74) is 0.697. The molecule has 2 heterocycles. The van der Waals surface area contributed by atoms with Gasteiger partial charge in [-0.2, -0.15) is 0 Å². The summed E-state index contributed by atoms with van der Waals surface area (Å²) in [7, 11) is 0. The molecule has 0 N–H and O–H groups in total. The van der Waals surface area contributed by atoms with Crippen LogP contribution in [0, 0.1) is 0 Å². The largest absolute Gasteiger partial charge is 0.456 e. The summed E-state index contributed by atoms with van der Waals surface area (Å²) in [6, 6.07) is 11.1. The van der Waals surface area contributed by atoms with Gasteiger partial charge in [-0.1, -0.05) is 41.4 Å². The van der Waals surface area contributed by atoms with E-state index >= 15 is 0 Å². The van der Waals surface area contributed by atoms with Crippen LogP contribution in [0.15, 0.2) is 42.5 Å². The summed E-state index contributed by atoms with van der Waals surface area (Å²) in [6.45, 7) is 2.48. The van der Waals surface area contributed by atoms with E-state index in [1.54, 1.807) is 18.2 Å². The molecule has 0 radical (unpaired) electrons. The quantitative estimate of drug-likeness (QED) is 0.227. The second kappa shape index (κ2) is 8.45. The number of fused-ring (bicyclic) bond motifs is 6. The van der Waals surface area contributed by atoms with Crippen LogP contribution in [0.2, 0.25) is 10.0 Å². The molecule has 178 valence electrons. The molecular formula is C25H15Cl3O7. The summed E-state index contributed by atoms with van der Waals surface area (Å²) in [4.78, 5) is 36.4. The molecule has 7 nitrogen and oxygen atoms in total. The molecule has 3 aromatic carbocycles. The van der Waals surface area contributed by atoms with Gasteiger partial charge in [0.05, 0.1) is 15.6 Å². The van der Waals surface area contributed by atoms with E-state index in [1.807, 2.05) is 0 Å². The molecule has 0 saturated carbocycles. The molecule has 2 aliphatic heterocycles. The van der Waals surface area contributed by atoms with Crippen LogP contribution in [0.5, 0.6) is 23.0 Å². The lowest BCUT2D eigenvalue weighted by molar-refractivity contribution is -0.132. The van der Waals surface area contributed by atoms with Crippen molar-refractivity contribution in [3.05, 3.63) is 80.3 Å². The molecule has 0 saturated heterocycles. The maximum atomic E-state index is 13.2. The van der Waals surface area contributed by atoms with Crippen LogP contribution < -0.4 is 14.2 Å². The lowest BCUT2D eigenvalue weighted by Crippen LogP contribution is -2.33. The second-order valence-electron chi connectivity index (χ2n) is 7.89.